The summed E-state index contributed by atoms with van der Waals surface area (Å²) in [6.45, 7) is -0.581. The molecule has 2 aromatic rings. The number of hydrogen-bond donors (Lipinski definition) is 0. The Labute approximate surface area is 179 Å². The summed E-state index contributed by atoms with van der Waals surface area (Å²) < 4.78 is 6.41. The molecule has 0 bridgehead atoms. The molecule has 0 radical (unpaired) electrons. The first-order chi connectivity index (χ1) is 13.4. The Morgan fingerprint density at radius 2 is 2.07 bits per heavy atom. The largest absolute Gasteiger partial charge is 0.546 e. The van der Waals surface area contributed by atoms with Crippen molar-refractivity contribution in [3.8, 4) is 5.75 Å². The fourth-order valence-corrected chi connectivity index (χ4v) is 3.86. The molecule has 1 amide bonds. The second-order valence-corrected chi connectivity index (χ2v) is 8.08. The van der Waals surface area contributed by atoms with E-state index in [0.29, 0.717) is 20.5 Å². The van der Waals surface area contributed by atoms with Crippen LogP contribution in [0.4, 0.5) is 0 Å². The van der Waals surface area contributed by atoms with Crippen LogP contribution in [0.5, 0.6) is 5.75 Å². The summed E-state index contributed by atoms with van der Waals surface area (Å²) in [5.41, 5.74) is 1.37. The molecule has 28 heavy (non-hydrogen) atoms. The molecule has 6 nitrogen and oxygen atoms in total. The Bertz CT molecular complexity index is 1010. The Hall–Kier alpha value is -2.49. The number of hydrazone groups is 1. The lowest BCUT2D eigenvalue weighted by Gasteiger charge is -2.09. The van der Waals surface area contributed by atoms with Crippen LogP contribution >= 0.6 is 39.9 Å². The number of carboxylic acids is 1. The summed E-state index contributed by atoms with van der Waals surface area (Å²) in [7, 11) is 0. The van der Waals surface area contributed by atoms with Gasteiger partial charge in [0.15, 0.2) is 4.32 Å². The molecule has 0 unspecified atom stereocenters. The summed E-state index contributed by atoms with van der Waals surface area (Å²) in [6, 6.07) is 14.2. The van der Waals surface area contributed by atoms with Crippen molar-refractivity contribution in [1.29, 1.82) is 0 Å². The van der Waals surface area contributed by atoms with Crippen LogP contribution in [0.1, 0.15) is 11.1 Å². The van der Waals surface area contributed by atoms with Crippen LogP contribution in [0.25, 0.3) is 6.08 Å². The molecule has 0 N–H and O–H groups in total. The minimum atomic E-state index is -1.33. The van der Waals surface area contributed by atoms with Crippen molar-refractivity contribution in [1.82, 2.24) is 5.01 Å². The molecule has 3 rings (SSSR count). The van der Waals surface area contributed by atoms with Gasteiger partial charge < -0.3 is 14.6 Å². The second-order valence-electron chi connectivity index (χ2n) is 5.49. The molecule has 1 heterocycles. The number of rotatable bonds is 6. The number of halogens is 1. The van der Waals surface area contributed by atoms with Crippen LogP contribution in [-0.4, -0.2) is 34.0 Å². The van der Waals surface area contributed by atoms with E-state index in [0.717, 1.165) is 26.8 Å². The fourth-order valence-electron chi connectivity index (χ4n) is 2.28. The van der Waals surface area contributed by atoms with Crippen LogP contribution in [0.15, 0.2) is 63.0 Å². The van der Waals surface area contributed by atoms with Gasteiger partial charge in [0.1, 0.15) is 12.4 Å². The number of thiocarbonyl (C=S) groups is 1. The van der Waals surface area contributed by atoms with Crippen LogP contribution in [0.2, 0.25) is 0 Å². The number of ether oxygens (including phenoxy) is 1. The van der Waals surface area contributed by atoms with Crippen molar-refractivity contribution in [2.24, 2.45) is 5.10 Å². The third kappa shape index (κ3) is 5.06. The van der Waals surface area contributed by atoms with E-state index >= 15 is 0 Å². The first-order valence-corrected chi connectivity index (χ1v) is 9.95. The number of hydrogen-bond acceptors (Lipinski definition) is 7. The quantitative estimate of drug-likeness (QED) is 0.363. The minimum absolute atomic E-state index is 0.302. The molecule has 1 aliphatic heterocycles. The smallest absolute Gasteiger partial charge is 0.286 e. The van der Waals surface area contributed by atoms with Gasteiger partial charge in [-0.25, -0.2) is 0 Å². The normalized spacial score (nSPS) is 15.6. The predicted molar refractivity (Wildman–Crippen MR) is 114 cm³/mol. The number of nitrogens with zero attached hydrogens (tertiary/aromatic N) is 2. The van der Waals surface area contributed by atoms with E-state index in [4.69, 9.17) is 17.0 Å². The van der Waals surface area contributed by atoms with Gasteiger partial charge in [0.05, 0.1) is 17.1 Å². The average molecular weight is 476 g/mol. The number of thioether (sulfide) groups is 1. The minimum Gasteiger partial charge on any atom is -0.546 e. The maximum Gasteiger partial charge on any atom is 0.286 e. The van der Waals surface area contributed by atoms with Gasteiger partial charge in [0.2, 0.25) is 0 Å². The molecule has 0 saturated carbocycles. The van der Waals surface area contributed by atoms with Crippen molar-refractivity contribution < 1.29 is 19.4 Å². The van der Waals surface area contributed by atoms with Crippen molar-refractivity contribution >= 4 is 68.4 Å². The molecule has 0 aromatic heterocycles. The predicted octanol–water partition coefficient (Wildman–Crippen LogP) is 2.81. The highest BCUT2D eigenvalue weighted by Crippen LogP contribution is 2.34. The monoisotopic (exact) mass is 475 g/mol. The summed E-state index contributed by atoms with van der Waals surface area (Å²) in [5.74, 6) is -1.37. The van der Waals surface area contributed by atoms with Gasteiger partial charge in [-0.05, 0) is 42.1 Å². The highest BCUT2D eigenvalue weighted by Gasteiger charge is 2.32. The van der Waals surface area contributed by atoms with Gasteiger partial charge in [-0.1, -0.05) is 58.0 Å². The highest BCUT2D eigenvalue weighted by molar-refractivity contribution is 9.10. The number of carbonyl (C=O) groups excluding carboxylic acids is 2. The summed E-state index contributed by atoms with van der Waals surface area (Å²) in [6.07, 6.45) is 3.15. The molecule has 1 saturated heterocycles. The zero-order valence-electron chi connectivity index (χ0n) is 14.2. The molecule has 1 aliphatic rings. The van der Waals surface area contributed by atoms with Crippen molar-refractivity contribution in [2.75, 3.05) is 6.61 Å². The fraction of sp³-hybridized carbons (Fsp3) is 0.0526. The lowest BCUT2D eigenvalue weighted by atomic mass is 10.2. The van der Waals surface area contributed by atoms with Crippen molar-refractivity contribution in [2.45, 2.75) is 0 Å². The molecule has 1 fully saturated rings. The van der Waals surface area contributed by atoms with E-state index in [9.17, 15) is 14.7 Å². The van der Waals surface area contributed by atoms with Crippen molar-refractivity contribution in [3.05, 3.63) is 69.0 Å². The topological polar surface area (TPSA) is 82.0 Å². The molecular weight excluding hydrogens is 464 g/mol. The van der Waals surface area contributed by atoms with E-state index < -0.39 is 12.6 Å². The zero-order chi connectivity index (χ0) is 20.1. The Balaban J connectivity index is 1.81. The molecular formula is C19H12BrN2O4S2-. The second kappa shape index (κ2) is 9.13. The summed E-state index contributed by atoms with van der Waals surface area (Å²) >= 11 is 9.75. The van der Waals surface area contributed by atoms with Crippen LogP contribution in [0, 0.1) is 0 Å². The van der Waals surface area contributed by atoms with E-state index in [1.54, 1.807) is 36.6 Å². The molecule has 0 aliphatic carbocycles. The van der Waals surface area contributed by atoms with Crippen molar-refractivity contribution in [3.63, 3.8) is 0 Å². The van der Waals surface area contributed by atoms with Gasteiger partial charge in [0.25, 0.3) is 5.91 Å². The SMILES string of the molecule is O=C([O-])COc1ccccc1C=C1SC(=S)N(N=Cc2cccc(Br)c2)C1=O. The van der Waals surface area contributed by atoms with E-state index in [1.165, 1.54) is 0 Å². The number of carbonyl (C=O) groups is 2. The lowest BCUT2D eigenvalue weighted by Crippen LogP contribution is -2.29. The standard InChI is InChI=1S/C19H13BrN2O4S2/c20-14-6-3-4-12(8-14)10-21-22-18(25)16(28-19(22)27)9-13-5-1-2-7-15(13)26-11-17(23)24/h1-10H,11H2,(H,23,24)/p-1. The van der Waals surface area contributed by atoms with Gasteiger partial charge in [-0.15, -0.1) is 0 Å². The number of benzene rings is 2. The van der Waals surface area contributed by atoms with E-state index in [1.807, 2.05) is 24.3 Å². The maximum atomic E-state index is 12.7. The zero-order valence-corrected chi connectivity index (χ0v) is 17.4. The number of amides is 1. The first kappa shape index (κ1) is 20.2. The number of carboxylic acid groups (broad SMARTS) is 1. The van der Waals surface area contributed by atoms with Gasteiger partial charge in [0, 0.05) is 10.0 Å². The van der Waals surface area contributed by atoms with E-state index in [2.05, 4.69) is 21.0 Å². The summed E-state index contributed by atoms with van der Waals surface area (Å²) in [5, 5.41) is 16.0. The van der Waals surface area contributed by atoms with Gasteiger partial charge in [-0.2, -0.15) is 10.1 Å². The summed E-state index contributed by atoms with van der Waals surface area (Å²) in [4.78, 5) is 23.7. The van der Waals surface area contributed by atoms with Gasteiger partial charge >= 0.3 is 0 Å². The third-order valence-corrected chi connectivity index (χ3v) is 5.27. The molecule has 9 heteroatoms. The molecule has 0 atom stereocenters. The Kier molecular flexibility index (Phi) is 6.61. The maximum absolute atomic E-state index is 12.7. The molecule has 0 spiro atoms. The third-order valence-electron chi connectivity index (χ3n) is 3.50. The Morgan fingerprint density at radius 3 is 2.82 bits per heavy atom. The number of para-hydroxylation sites is 1. The van der Waals surface area contributed by atoms with Crippen LogP contribution in [0.3, 0.4) is 0 Å². The highest BCUT2D eigenvalue weighted by atomic mass is 79.9. The van der Waals surface area contributed by atoms with Gasteiger partial charge in [-0.3, -0.25) is 4.79 Å². The first-order valence-electron chi connectivity index (χ1n) is 7.93. The van der Waals surface area contributed by atoms with E-state index in [-0.39, 0.29) is 5.91 Å². The average Bonchev–Trinajstić information content (AvgIpc) is 2.92. The number of aliphatic carboxylic acids is 1. The Morgan fingerprint density at radius 1 is 1.29 bits per heavy atom. The lowest BCUT2D eigenvalue weighted by molar-refractivity contribution is -0.307. The molecule has 142 valence electrons. The van der Waals surface area contributed by atoms with Crippen LogP contribution in [-0.2, 0) is 9.59 Å². The molecule has 2 aromatic carbocycles. The van der Waals surface area contributed by atoms with Crippen LogP contribution < -0.4 is 9.84 Å².